The summed E-state index contributed by atoms with van der Waals surface area (Å²) in [7, 11) is 0. The molecule has 0 radical (unpaired) electrons. The largest absolute Gasteiger partial charge is 0.462 e. The highest BCUT2D eigenvalue weighted by atomic mass is 32.1. The molecule has 0 saturated carbocycles. The van der Waals surface area contributed by atoms with Crippen LogP contribution in [-0.4, -0.2) is 23.3 Å². The maximum Gasteiger partial charge on any atom is 0.350 e. The fourth-order valence-corrected chi connectivity index (χ4v) is 1.98. The van der Waals surface area contributed by atoms with E-state index in [0.29, 0.717) is 22.2 Å². The summed E-state index contributed by atoms with van der Waals surface area (Å²) in [5, 5.41) is 0.655. The van der Waals surface area contributed by atoms with Gasteiger partial charge in [0.1, 0.15) is 4.88 Å². The molecule has 0 aliphatic heterocycles. The highest BCUT2D eigenvalue weighted by Crippen LogP contribution is 2.18. The van der Waals surface area contributed by atoms with Gasteiger partial charge in [-0.25, -0.2) is 9.78 Å². The van der Waals surface area contributed by atoms with Crippen molar-refractivity contribution in [2.75, 3.05) is 12.4 Å². The van der Waals surface area contributed by atoms with Gasteiger partial charge in [0.15, 0.2) is 5.01 Å². The Kier molecular flexibility index (Phi) is 5.36. The van der Waals surface area contributed by atoms with Gasteiger partial charge in [-0.2, -0.15) is 12.6 Å². The van der Waals surface area contributed by atoms with E-state index >= 15 is 0 Å². The van der Waals surface area contributed by atoms with E-state index < -0.39 is 0 Å². The standard InChI is InChI=1S/C11H13NO2S2/c1-3-14-11(13)10-8(2)12-9(16-10)6-4-5-7-15/h15H,3,5,7H2,1-2H3. The second-order valence-electron chi connectivity index (χ2n) is 2.93. The zero-order valence-electron chi connectivity index (χ0n) is 9.24. The maximum atomic E-state index is 11.5. The maximum absolute atomic E-state index is 11.5. The van der Waals surface area contributed by atoms with Gasteiger partial charge in [-0.3, -0.25) is 0 Å². The van der Waals surface area contributed by atoms with Gasteiger partial charge in [0, 0.05) is 12.2 Å². The second-order valence-corrected chi connectivity index (χ2v) is 4.38. The van der Waals surface area contributed by atoms with Crippen molar-refractivity contribution in [1.29, 1.82) is 0 Å². The minimum Gasteiger partial charge on any atom is -0.462 e. The number of ether oxygens (including phenoxy) is 1. The Morgan fingerprint density at radius 1 is 1.62 bits per heavy atom. The number of aryl methyl sites for hydroxylation is 1. The molecular formula is C11H13NO2S2. The first-order valence-electron chi connectivity index (χ1n) is 4.93. The molecule has 0 aliphatic carbocycles. The van der Waals surface area contributed by atoms with Gasteiger partial charge < -0.3 is 4.74 Å². The Balaban J connectivity index is 2.82. The van der Waals surface area contributed by atoms with Crippen LogP contribution in [0.1, 0.15) is 33.7 Å². The van der Waals surface area contributed by atoms with Crippen molar-refractivity contribution < 1.29 is 9.53 Å². The molecule has 0 amide bonds. The molecule has 16 heavy (non-hydrogen) atoms. The van der Waals surface area contributed by atoms with Crippen molar-refractivity contribution in [2.45, 2.75) is 20.3 Å². The second kappa shape index (κ2) is 6.56. The summed E-state index contributed by atoms with van der Waals surface area (Å²) in [4.78, 5) is 16.2. The molecule has 1 aromatic rings. The van der Waals surface area contributed by atoms with Crippen molar-refractivity contribution in [3.8, 4) is 11.8 Å². The topological polar surface area (TPSA) is 39.2 Å². The number of hydrogen-bond donors (Lipinski definition) is 1. The summed E-state index contributed by atoms with van der Waals surface area (Å²) in [6.07, 6.45) is 0.719. The third-order valence-corrected chi connectivity index (χ3v) is 2.97. The third-order valence-electron chi connectivity index (χ3n) is 1.69. The lowest BCUT2D eigenvalue weighted by Gasteiger charge is -1.97. The molecule has 0 bridgehead atoms. The van der Waals surface area contributed by atoms with Crippen LogP contribution in [0.15, 0.2) is 0 Å². The van der Waals surface area contributed by atoms with E-state index in [1.165, 1.54) is 11.3 Å². The van der Waals surface area contributed by atoms with Gasteiger partial charge in [-0.15, -0.1) is 0 Å². The zero-order chi connectivity index (χ0) is 12.0. The summed E-state index contributed by atoms with van der Waals surface area (Å²) < 4.78 is 4.92. The van der Waals surface area contributed by atoms with Crippen molar-refractivity contribution in [2.24, 2.45) is 0 Å². The Labute approximate surface area is 105 Å². The van der Waals surface area contributed by atoms with Gasteiger partial charge in [-0.05, 0) is 19.8 Å². The van der Waals surface area contributed by atoms with Crippen molar-refractivity contribution >= 4 is 29.9 Å². The normalized spacial score (nSPS) is 9.44. The van der Waals surface area contributed by atoms with Gasteiger partial charge in [0.25, 0.3) is 0 Å². The van der Waals surface area contributed by atoms with Crippen LogP contribution in [-0.2, 0) is 4.74 Å². The molecule has 1 rings (SSSR count). The predicted molar refractivity (Wildman–Crippen MR) is 68.2 cm³/mol. The highest BCUT2D eigenvalue weighted by Gasteiger charge is 2.15. The van der Waals surface area contributed by atoms with Crippen LogP contribution in [0.4, 0.5) is 0 Å². The van der Waals surface area contributed by atoms with Crippen LogP contribution in [0.3, 0.4) is 0 Å². The van der Waals surface area contributed by atoms with Crippen LogP contribution in [0.5, 0.6) is 0 Å². The summed E-state index contributed by atoms with van der Waals surface area (Å²) in [6, 6.07) is 0. The summed E-state index contributed by atoms with van der Waals surface area (Å²) in [6.45, 7) is 3.94. The molecule has 0 fully saturated rings. The number of thiazole rings is 1. The Morgan fingerprint density at radius 3 is 3.00 bits per heavy atom. The van der Waals surface area contributed by atoms with E-state index in [4.69, 9.17) is 4.74 Å². The van der Waals surface area contributed by atoms with E-state index in [-0.39, 0.29) is 5.97 Å². The minimum atomic E-state index is -0.320. The number of carbonyl (C=O) groups excluding carboxylic acids is 1. The lowest BCUT2D eigenvalue weighted by atomic mass is 10.4. The lowest BCUT2D eigenvalue weighted by Crippen LogP contribution is -2.03. The number of thiol groups is 1. The first kappa shape index (κ1) is 13.1. The number of carbonyl (C=O) groups is 1. The van der Waals surface area contributed by atoms with Gasteiger partial charge in [0.05, 0.1) is 12.3 Å². The molecule has 1 heterocycles. The molecule has 86 valence electrons. The molecule has 0 aliphatic rings. The molecular weight excluding hydrogens is 242 g/mol. The van der Waals surface area contributed by atoms with E-state index in [1.807, 2.05) is 0 Å². The fourth-order valence-electron chi connectivity index (χ4n) is 1.03. The van der Waals surface area contributed by atoms with E-state index in [2.05, 4.69) is 29.5 Å². The number of esters is 1. The molecule has 0 spiro atoms. The zero-order valence-corrected chi connectivity index (χ0v) is 11.0. The fraction of sp³-hybridized carbons (Fsp3) is 0.455. The SMILES string of the molecule is CCOC(=O)c1sc(C#CCCS)nc1C. The molecule has 0 aromatic carbocycles. The van der Waals surface area contributed by atoms with E-state index in [1.54, 1.807) is 13.8 Å². The summed E-state index contributed by atoms with van der Waals surface area (Å²) >= 11 is 5.33. The van der Waals surface area contributed by atoms with Crippen molar-refractivity contribution in [3.05, 3.63) is 15.6 Å². The van der Waals surface area contributed by atoms with Crippen LogP contribution < -0.4 is 0 Å². The molecule has 0 saturated heterocycles. The number of nitrogens with zero attached hydrogens (tertiary/aromatic N) is 1. The summed E-state index contributed by atoms with van der Waals surface area (Å²) in [5.74, 6) is 6.24. The van der Waals surface area contributed by atoms with Gasteiger partial charge >= 0.3 is 5.97 Å². The average Bonchev–Trinajstić information content (AvgIpc) is 2.61. The van der Waals surface area contributed by atoms with Gasteiger partial charge in [0.2, 0.25) is 0 Å². The molecule has 3 nitrogen and oxygen atoms in total. The molecule has 0 atom stereocenters. The van der Waals surface area contributed by atoms with Crippen LogP contribution >= 0.6 is 24.0 Å². The van der Waals surface area contributed by atoms with Crippen LogP contribution in [0.25, 0.3) is 0 Å². The number of aromatic nitrogens is 1. The van der Waals surface area contributed by atoms with Crippen LogP contribution in [0, 0.1) is 18.8 Å². The Hall–Kier alpha value is -0.990. The first-order chi connectivity index (χ1) is 7.69. The highest BCUT2D eigenvalue weighted by molar-refractivity contribution is 7.80. The number of hydrogen-bond acceptors (Lipinski definition) is 5. The summed E-state index contributed by atoms with van der Waals surface area (Å²) in [5.41, 5.74) is 0.679. The van der Waals surface area contributed by atoms with Crippen molar-refractivity contribution in [3.63, 3.8) is 0 Å². The predicted octanol–water partition coefficient (Wildman–Crippen LogP) is 2.30. The monoisotopic (exact) mass is 255 g/mol. The Bertz CT molecular complexity index is 429. The number of rotatable bonds is 3. The van der Waals surface area contributed by atoms with Gasteiger partial charge in [-0.1, -0.05) is 17.3 Å². The molecule has 0 N–H and O–H groups in total. The average molecular weight is 255 g/mol. The minimum absolute atomic E-state index is 0.320. The smallest absolute Gasteiger partial charge is 0.350 e. The van der Waals surface area contributed by atoms with E-state index in [0.717, 1.165) is 12.2 Å². The van der Waals surface area contributed by atoms with Crippen LogP contribution in [0.2, 0.25) is 0 Å². The molecule has 5 heteroatoms. The Morgan fingerprint density at radius 2 is 2.38 bits per heavy atom. The quantitative estimate of drug-likeness (QED) is 0.512. The lowest BCUT2D eigenvalue weighted by molar-refractivity contribution is 0.0531. The first-order valence-corrected chi connectivity index (χ1v) is 6.38. The van der Waals surface area contributed by atoms with Crippen molar-refractivity contribution in [1.82, 2.24) is 4.98 Å². The third kappa shape index (κ3) is 3.54. The van der Waals surface area contributed by atoms with E-state index in [9.17, 15) is 4.79 Å². The molecule has 0 unspecified atom stereocenters. The molecule has 1 aromatic heterocycles.